The van der Waals surface area contributed by atoms with Crippen molar-refractivity contribution in [2.24, 2.45) is 7.05 Å². The van der Waals surface area contributed by atoms with Gasteiger partial charge in [-0.3, -0.25) is 19.7 Å². The number of halogens is 1. The standard InChI is InChI=1S/C21H20ClN5O2/c1-13(15-8-5-6-10-23-15)24-12-18-20-16(11-19(28)26(18)2)25-27(21(20)29)17-9-4-3-7-14(17)22/h3-11,13,24-25H,12H2,1-2H3. The van der Waals surface area contributed by atoms with Crippen molar-refractivity contribution in [1.82, 2.24) is 24.6 Å². The van der Waals surface area contributed by atoms with E-state index in [-0.39, 0.29) is 17.2 Å². The number of H-pyrrole nitrogens is 1. The van der Waals surface area contributed by atoms with Crippen molar-refractivity contribution >= 4 is 22.5 Å². The quantitative estimate of drug-likeness (QED) is 0.530. The third-order valence-corrected chi connectivity index (χ3v) is 5.33. The first-order valence-electron chi connectivity index (χ1n) is 9.20. The molecule has 0 fully saturated rings. The van der Waals surface area contributed by atoms with Crippen molar-refractivity contribution in [1.29, 1.82) is 0 Å². The van der Waals surface area contributed by atoms with Crippen LogP contribution in [0.4, 0.5) is 0 Å². The van der Waals surface area contributed by atoms with Crippen molar-refractivity contribution in [3.63, 3.8) is 0 Å². The fraction of sp³-hybridized carbons (Fsp3) is 0.190. The predicted octanol–water partition coefficient (Wildman–Crippen LogP) is 2.92. The van der Waals surface area contributed by atoms with Gasteiger partial charge in [0.2, 0.25) is 0 Å². The minimum absolute atomic E-state index is 0.0497. The normalized spacial score (nSPS) is 12.4. The largest absolute Gasteiger partial charge is 0.313 e. The lowest BCUT2D eigenvalue weighted by atomic mass is 10.2. The van der Waals surface area contributed by atoms with E-state index in [1.165, 1.54) is 15.3 Å². The summed E-state index contributed by atoms with van der Waals surface area (Å²) < 4.78 is 2.87. The molecule has 3 heterocycles. The van der Waals surface area contributed by atoms with Crippen molar-refractivity contribution in [3.05, 3.63) is 91.8 Å². The highest BCUT2D eigenvalue weighted by molar-refractivity contribution is 6.32. The van der Waals surface area contributed by atoms with Gasteiger partial charge < -0.3 is 9.88 Å². The molecule has 148 valence electrons. The average Bonchev–Trinajstić information content (AvgIpc) is 3.05. The molecular formula is C21H20ClN5O2. The van der Waals surface area contributed by atoms with Crippen molar-refractivity contribution in [2.45, 2.75) is 19.5 Å². The van der Waals surface area contributed by atoms with Gasteiger partial charge >= 0.3 is 0 Å². The van der Waals surface area contributed by atoms with Crippen molar-refractivity contribution in [2.75, 3.05) is 0 Å². The van der Waals surface area contributed by atoms with Crippen LogP contribution in [0.1, 0.15) is 24.4 Å². The molecule has 0 amide bonds. The lowest BCUT2D eigenvalue weighted by Crippen LogP contribution is -2.27. The minimum atomic E-state index is -0.258. The summed E-state index contributed by atoms with van der Waals surface area (Å²) in [6, 6.07) is 14.1. The monoisotopic (exact) mass is 409 g/mol. The number of para-hydroxylation sites is 1. The summed E-state index contributed by atoms with van der Waals surface area (Å²) in [4.78, 5) is 30.0. The molecule has 2 N–H and O–H groups in total. The Morgan fingerprint density at radius 1 is 1.17 bits per heavy atom. The van der Waals surface area contributed by atoms with Crippen LogP contribution in [0, 0.1) is 0 Å². The number of aromatic amines is 1. The molecule has 0 saturated carbocycles. The molecule has 7 nitrogen and oxygen atoms in total. The summed E-state index contributed by atoms with van der Waals surface area (Å²) in [5.41, 5.74) is 2.03. The van der Waals surface area contributed by atoms with Gasteiger partial charge in [0.1, 0.15) is 0 Å². The molecule has 0 aliphatic heterocycles. The Bertz CT molecular complexity index is 1290. The highest BCUT2D eigenvalue weighted by Gasteiger charge is 2.18. The Balaban J connectivity index is 1.79. The van der Waals surface area contributed by atoms with E-state index >= 15 is 0 Å². The van der Waals surface area contributed by atoms with Gasteiger partial charge in [0.05, 0.1) is 27.3 Å². The van der Waals surface area contributed by atoms with Crippen LogP contribution in [-0.4, -0.2) is 19.3 Å². The lowest BCUT2D eigenvalue weighted by Gasteiger charge is -2.15. The van der Waals surface area contributed by atoms with Crippen LogP contribution in [0.15, 0.2) is 64.3 Å². The number of nitrogens with zero attached hydrogens (tertiary/aromatic N) is 3. The summed E-state index contributed by atoms with van der Waals surface area (Å²) in [6.07, 6.45) is 1.73. The van der Waals surface area contributed by atoms with Gasteiger partial charge in [0.25, 0.3) is 11.1 Å². The predicted molar refractivity (Wildman–Crippen MR) is 114 cm³/mol. The van der Waals surface area contributed by atoms with Gasteiger partial charge in [-0.25, -0.2) is 4.68 Å². The molecule has 0 aliphatic carbocycles. The number of aromatic nitrogens is 4. The molecule has 1 unspecified atom stereocenters. The molecule has 3 aromatic heterocycles. The van der Waals surface area contributed by atoms with Crippen LogP contribution in [0.3, 0.4) is 0 Å². The van der Waals surface area contributed by atoms with E-state index in [0.717, 1.165) is 5.69 Å². The summed E-state index contributed by atoms with van der Waals surface area (Å²) in [7, 11) is 1.66. The molecule has 8 heteroatoms. The highest BCUT2D eigenvalue weighted by Crippen LogP contribution is 2.20. The first-order valence-corrected chi connectivity index (χ1v) is 9.58. The SMILES string of the molecule is CC(NCc1c2c(=O)n(-c3ccccc3Cl)[nH]c2cc(=O)n1C)c1ccccn1. The van der Waals surface area contributed by atoms with E-state index in [1.54, 1.807) is 37.5 Å². The summed E-state index contributed by atoms with van der Waals surface area (Å²) in [6.45, 7) is 2.32. The van der Waals surface area contributed by atoms with E-state index in [0.29, 0.717) is 33.9 Å². The number of hydrogen-bond donors (Lipinski definition) is 2. The number of pyridine rings is 2. The average molecular weight is 410 g/mol. The van der Waals surface area contributed by atoms with E-state index in [2.05, 4.69) is 15.4 Å². The van der Waals surface area contributed by atoms with Crippen LogP contribution in [0.5, 0.6) is 0 Å². The second-order valence-corrected chi connectivity index (χ2v) is 7.25. The summed E-state index contributed by atoms with van der Waals surface area (Å²) in [5.74, 6) is 0. The molecule has 4 aromatic rings. The van der Waals surface area contributed by atoms with E-state index in [1.807, 2.05) is 25.1 Å². The first kappa shape index (κ1) is 19.2. The molecule has 1 aromatic carbocycles. The van der Waals surface area contributed by atoms with Crippen LogP contribution in [-0.2, 0) is 13.6 Å². The summed E-state index contributed by atoms with van der Waals surface area (Å²) >= 11 is 6.27. The van der Waals surface area contributed by atoms with Crippen molar-refractivity contribution < 1.29 is 0 Å². The second kappa shape index (κ2) is 7.69. The second-order valence-electron chi connectivity index (χ2n) is 6.84. The summed E-state index contributed by atoms with van der Waals surface area (Å²) in [5, 5.41) is 7.26. The lowest BCUT2D eigenvalue weighted by molar-refractivity contribution is 0.545. The van der Waals surface area contributed by atoms with Gasteiger partial charge in [-0.1, -0.05) is 29.8 Å². The van der Waals surface area contributed by atoms with Gasteiger partial charge in [0.15, 0.2) is 0 Å². The molecule has 0 radical (unpaired) electrons. The molecule has 0 aliphatic rings. The molecule has 4 rings (SSSR count). The van der Waals surface area contributed by atoms with Crippen molar-refractivity contribution in [3.8, 4) is 5.69 Å². The number of fused-ring (bicyclic) bond motifs is 1. The Morgan fingerprint density at radius 2 is 1.93 bits per heavy atom. The first-order chi connectivity index (χ1) is 14.0. The fourth-order valence-electron chi connectivity index (χ4n) is 3.35. The number of hydrogen-bond acceptors (Lipinski definition) is 4. The fourth-order valence-corrected chi connectivity index (χ4v) is 3.57. The van der Waals surface area contributed by atoms with E-state index in [9.17, 15) is 9.59 Å². The van der Waals surface area contributed by atoms with Crippen LogP contribution in [0.2, 0.25) is 5.02 Å². The minimum Gasteiger partial charge on any atom is -0.313 e. The van der Waals surface area contributed by atoms with Crippen LogP contribution >= 0.6 is 11.6 Å². The third-order valence-electron chi connectivity index (χ3n) is 5.01. The molecule has 0 saturated heterocycles. The van der Waals surface area contributed by atoms with E-state index in [4.69, 9.17) is 11.6 Å². The molecular weight excluding hydrogens is 390 g/mol. The number of nitrogens with one attached hydrogen (secondary N) is 2. The molecule has 0 spiro atoms. The Hall–Kier alpha value is -3.16. The maximum Gasteiger partial charge on any atom is 0.280 e. The zero-order valence-electron chi connectivity index (χ0n) is 16.0. The topological polar surface area (TPSA) is 84.7 Å². The molecule has 1 atom stereocenters. The number of benzene rings is 1. The molecule has 29 heavy (non-hydrogen) atoms. The Morgan fingerprint density at radius 3 is 2.66 bits per heavy atom. The third kappa shape index (κ3) is 3.50. The zero-order chi connectivity index (χ0) is 20.5. The van der Waals surface area contributed by atoms with Crippen LogP contribution < -0.4 is 16.4 Å². The Kier molecular flexibility index (Phi) is 5.08. The maximum absolute atomic E-state index is 13.2. The zero-order valence-corrected chi connectivity index (χ0v) is 16.8. The van der Waals surface area contributed by atoms with Gasteiger partial charge in [-0.05, 0) is 31.2 Å². The van der Waals surface area contributed by atoms with Gasteiger partial charge in [-0.2, -0.15) is 0 Å². The van der Waals surface area contributed by atoms with Gasteiger partial charge in [-0.15, -0.1) is 0 Å². The van der Waals surface area contributed by atoms with E-state index < -0.39 is 0 Å². The Labute approximate surface area is 171 Å². The number of rotatable bonds is 5. The van der Waals surface area contributed by atoms with Crippen LogP contribution in [0.25, 0.3) is 16.6 Å². The highest BCUT2D eigenvalue weighted by atomic mass is 35.5. The smallest absolute Gasteiger partial charge is 0.280 e. The van der Waals surface area contributed by atoms with Gasteiger partial charge in [0, 0.05) is 37.6 Å². The maximum atomic E-state index is 13.2. The molecule has 0 bridgehead atoms.